The van der Waals surface area contributed by atoms with Crippen LogP contribution in [0.4, 0.5) is 28.4 Å². The predicted molar refractivity (Wildman–Crippen MR) is 56.1 cm³/mol. The molecule has 12 heteroatoms. The van der Waals surface area contributed by atoms with Gasteiger partial charge in [0.1, 0.15) is 10.6 Å². The molecule has 0 saturated heterocycles. The number of anilines is 1. The molecular weight excluding hydrogens is 312 g/mol. The van der Waals surface area contributed by atoms with Gasteiger partial charge in [-0.05, 0) is 12.1 Å². The van der Waals surface area contributed by atoms with Crippen LogP contribution in [0.2, 0.25) is 0 Å². The number of alkyl halides is 3. The Bertz CT molecular complexity index is 670. The summed E-state index contributed by atoms with van der Waals surface area (Å²) in [5.74, 6) is -2.49. The molecule has 1 N–H and O–H groups in total. The lowest BCUT2D eigenvalue weighted by Crippen LogP contribution is -2.30. The van der Waals surface area contributed by atoms with Crippen molar-refractivity contribution < 1.29 is 35.2 Å². The number of amides is 1. The van der Waals surface area contributed by atoms with Gasteiger partial charge in [-0.3, -0.25) is 14.9 Å². The lowest BCUT2D eigenvalue weighted by molar-refractivity contribution is -0.384. The monoisotopic (exact) mass is 316 g/mol. The van der Waals surface area contributed by atoms with Gasteiger partial charge in [-0.15, -0.1) is 3.89 Å². The van der Waals surface area contributed by atoms with E-state index in [1.54, 1.807) is 0 Å². The van der Waals surface area contributed by atoms with Gasteiger partial charge in [0.15, 0.2) is 0 Å². The van der Waals surface area contributed by atoms with Gasteiger partial charge in [0.05, 0.1) is 4.92 Å². The molecule has 7 nitrogen and oxygen atoms in total. The Morgan fingerprint density at radius 3 is 2.25 bits per heavy atom. The Hall–Kier alpha value is -2.24. The number of benzene rings is 1. The van der Waals surface area contributed by atoms with Crippen LogP contribution in [-0.4, -0.2) is 25.4 Å². The lowest BCUT2D eigenvalue weighted by atomic mass is 10.2. The molecular formula is C8H4F4N2O5S. The first-order valence-corrected chi connectivity index (χ1v) is 5.92. The standard InChI is InChI=1S/C8H4F4N2O5S/c9-8(10,11)7(15)13-5-2-1-4(20(12,18)19)3-6(5)14(16)17/h1-3H,(H,13,15). The Balaban J connectivity index is 3.29. The molecule has 0 heterocycles. The van der Waals surface area contributed by atoms with Gasteiger partial charge in [0.2, 0.25) is 0 Å². The van der Waals surface area contributed by atoms with Crippen molar-refractivity contribution in [3.05, 3.63) is 28.3 Å². The van der Waals surface area contributed by atoms with Crippen LogP contribution in [0.5, 0.6) is 0 Å². The summed E-state index contributed by atoms with van der Waals surface area (Å²) >= 11 is 0. The molecule has 0 fully saturated rings. The summed E-state index contributed by atoms with van der Waals surface area (Å²) < 4.78 is 69.7. The van der Waals surface area contributed by atoms with Crippen LogP contribution in [0.15, 0.2) is 23.1 Å². The first-order chi connectivity index (χ1) is 8.93. The van der Waals surface area contributed by atoms with E-state index in [0.29, 0.717) is 12.1 Å². The second-order valence-corrected chi connectivity index (χ2v) is 4.67. The smallest absolute Gasteiger partial charge is 0.312 e. The number of rotatable bonds is 3. The van der Waals surface area contributed by atoms with E-state index in [4.69, 9.17) is 0 Å². The number of nitro groups is 1. The van der Waals surface area contributed by atoms with Crippen molar-refractivity contribution in [3.8, 4) is 0 Å². The van der Waals surface area contributed by atoms with E-state index in [1.165, 1.54) is 5.32 Å². The zero-order valence-electron chi connectivity index (χ0n) is 9.14. The number of halogens is 4. The van der Waals surface area contributed by atoms with Crippen molar-refractivity contribution in [3.63, 3.8) is 0 Å². The molecule has 1 aromatic rings. The number of nitro benzene ring substituents is 1. The highest BCUT2D eigenvalue weighted by atomic mass is 32.3. The van der Waals surface area contributed by atoms with Gasteiger partial charge < -0.3 is 5.32 Å². The molecule has 0 spiro atoms. The molecule has 0 saturated carbocycles. The zero-order valence-corrected chi connectivity index (χ0v) is 9.96. The van der Waals surface area contributed by atoms with E-state index >= 15 is 0 Å². The Morgan fingerprint density at radius 1 is 1.30 bits per heavy atom. The molecule has 110 valence electrons. The zero-order chi connectivity index (χ0) is 15.7. The first kappa shape index (κ1) is 15.8. The van der Waals surface area contributed by atoms with Crippen LogP contribution in [0.25, 0.3) is 0 Å². The second-order valence-electron chi connectivity index (χ2n) is 3.33. The Kier molecular flexibility index (Phi) is 3.98. The average molecular weight is 316 g/mol. The molecule has 0 aromatic heterocycles. The maximum Gasteiger partial charge on any atom is 0.471 e. The van der Waals surface area contributed by atoms with Gasteiger partial charge in [0.25, 0.3) is 5.69 Å². The minimum Gasteiger partial charge on any atom is -0.312 e. The van der Waals surface area contributed by atoms with Crippen molar-refractivity contribution in [1.82, 2.24) is 0 Å². The van der Waals surface area contributed by atoms with Gasteiger partial charge in [-0.2, -0.15) is 21.6 Å². The van der Waals surface area contributed by atoms with Crippen LogP contribution >= 0.6 is 0 Å². The maximum absolute atomic E-state index is 12.6. The molecule has 0 aliphatic rings. The van der Waals surface area contributed by atoms with E-state index in [0.717, 1.165) is 0 Å². The fourth-order valence-corrected chi connectivity index (χ4v) is 1.60. The Morgan fingerprint density at radius 2 is 1.85 bits per heavy atom. The molecule has 1 rings (SSSR count). The van der Waals surface area contributed by atoms with Crippen LogP contribution in [0.1, 0.15) is 0 Å². The summed E-state index contributed by atoms with van der Waals surface area (Å²) in [6.07, 6.45) is -5.29. The molecule has 0 atom stereocenters. The van der Waals surface area contributed by atoms with Crippen LogP contribution in [0, 0.1) is 10.1 Å². The number of carbonyl (C=O) groups is 1. The number of hydrogen-bond acceptors (Lipinski definition) is 5. The molecule has 1 aromatic carbocycles. The molecule has 1 amide bonds. The van der Waals surface area contributed by atoms with Crippen molar-refractivity contribution in [2.24, 2.45) is 0 Å². The molecule has 0 radical (unpaired) electrons. The van der Waals surface area contributed by atoms with Gasteiger partial charge in [0, 0.05) is 6.07 Å². The van der Waals surface area contributed by atoms with E-state index < -0.39 is 43.5 Å². The summed E-state index contributed by atoms with van der Waals surface area (Å²) in [4.78, 5) is 18.8. The highest BCUT2D eigenvalue weighted by Crippen LogP contribution is 2.29. The second kappa shape index (κ2) is 5.03. The highest BCUT2D eigenvalue weighted by molar-refractivity contribution is 7.86. The third-order valence-electron chi connectivity index (χ3n) is 1.95. The van der Waals surface area contributed by atoms with E-state index in [-0.39, 0.29) is 6.07 Å². The summed E-state index contributed by atoms with van der Waals surface area (Å²) in [7, 11) is -5.27. The highest BCUT2D eigenvalue weighted by Gasteiger charge is 2.39. The summed E-state index contributed by atoms with van der Waals surface area (Å²) in [5.41, 5.74) is -2.11. The van der Waals surface area contributed by atoms with Crippen LogP contribution in [-0.2, 0) is 15.0 Å². The molecule has 0 aliphatic heterocycles. The minimum atomic E-state index is -5.29. The number of carbonyl (C=O) groups excluding carboxylic acids is 1. The summed E-state index contributed by atoms with van der Waals surface area (Å²) in [6.45, 7) is 0. The number of nitrogens with one attached hydrogen (secondary N) is 1. The van der Waals surface area contributed by atoms with E-state index in [9.17, 15) is 40.4 Å². The molecule has 0 bridgehead atoms. The average Bonchev–Trinajstić information content (AvgIpc) is 2.26. The topological polar surface area (TPSA) is 106 Å². The molecule has 0 aliphatic carbocycles. The molecule has 0 unspecified atom stereocenters. The Labute approximate surface area is 108 Å². The fourth-order valence-electron chi connectivity index (χ4n) is 1.11. The first-order valence-electron chi connectivity index (χ1n) is 4.54. The summed E-state index contributed by atoms with van der Waals surface area (Å²) in [6, 6.07) is 1.16. The van der Waals surface area contributed by atoms with E-state index in [1.807, 2.05) is 0 Å². The molecule has 20 heavy (non-hydrogen) atoms. The van der Waals surface area contributed by atoms with Crippen molar-refractivity contribution in [1.29, 1.82) is 0 Å². The van der Waals surface area contributed by atoms with Crippen molar-refractivity contribution in [2.45, 2.75) is 11.1 Å². The number of hydrogen-bond donors (Lipinski definition) is 1. The fraction of sp³-hybridized carbons (Fsp3) is 0.125. The van der Waals surface area contributed by atoms with Crippen LogP contribution < -0.4 is 5.32 Å². The SMILES string of the molecule is O=C(Nc1ccc(S(=O)(=O)F)cc1[N+](=O)[O-])C(F)(F)F. The summed E-state index contributed by atoms with van der Waals surface area (Å²) in [5, 5.41) is 11.8. The van der Waals surface area contributed by atoms with Gasteiger partial charge in [-0.25, -0.2) is 0 Å². The third kappa shape index (κ3) is 3.63. The largest absolute Gasteiger partial charge is 0.471 e. The van der Waals surface area contributed by atoms with Gasteiger partial charge in [-0.1, -0.05) is 0 Å². The van der Waals surface area contributed by atoms with Crippen molar-refractivity contribution >= 4 is 27.5 Å². The van der Waals surface area contributed by atoms with E-state index in [2.05, 4.69) is 0 Å². The third-order valence-corrected chi connectivity index (χ3v) is 2.77. The minimum absolute atomic E-state index is 0.196. The van der Waals surface area contributed by atoms with Crippen molar-refractivity contribution in [2.75, 3.05) is 5.32 Å². The van der Waals surface area contributed by atoms with Gasteiger partial charge >= 0.3 is 22.3 Å². The lowest BCUT2D eigenvalue weighted by Gasteiger charge is -2.08. The number of nitrogens with zero attached hydrogens (tertiary/aromatic N) is 1. The van der Waals surface area contributed by atoms with Crippen LogP contribution in [0.3, 0.4) is 0 Å². The quantitative estimate of drug-likeness (QED) is 0.396. The predicted octanol–water partition coefficient (Wildman–Crippen LogP) is 1.75. The normalized spacial score (nSPS) is 12.0. The maximum atomic E-state index is 12.6.